The molecule has 0 spiro atoms. The van der Waals surface area contributed by atoms with E-state index in [1.54, 1.807) is 0 Å². The zero-order valence-electron chi connectivity index (χ0n) is 15.1. The zero-order chi connectivity index (χ0) is 17.4. The van der Waals surface area contributed by atoms with Gasteiger partial charge in [-0.1, -0.05) is 45.9 Å². The Labute approximate surface area is 146 Å². The van der Waals surface area contributed by atoms with E-state index in [0.29, 0.717) is 0 Å². The van der Waals surface area contributed by atoms with Crippen molar-refractivity contribution in [3.63, 3.8) is 0 Å². The molecule has 0 bridgehead atoms. The Morgan fingerprint density at radius 3 is 2.42 bits per heavy atom. The first kappa shape index (κ1) is 18.1. The highest BCUT2D eigenvalue weighted by molar-refractivity contribution is 5.64. The van der Waals surface area contributed by atoms with Crippen LogP contribution in [0.3, 0.4) is 0 Å². The molecule has 24 heavy (non-hydrogen) atoms. The van der Waals surface area contributed by atoms with Crippen LogP contribution in [0.4, 0.5) is 0 Å². The van der Waals surface area contributed by atoms with Gasteiger partial charge in [0.25, 0.3) is 0 Å². The molecule has 0 N–H and O–H groups in total. The summed E-state index contributed by atoms with van der Waals surface area (Å²) in [7, 11) is 0. The molecule has 0 atom stereocenters. The van der Waals surface area contributed by atoms with Gasteiger partial charge in [-0.3, -0.25) is 0 Å². The lowest BCUT2D eigenvalue weighted by Crippen LogP contribution is -1.97. The normalized spacial score (nSPS) is 10.5. The summed E-state index contributed by atoms with van der Waals surface area (Å²) in [5, 5.41) is 0. The first-order valence-electron chi connectivity index (χ1n) is 8.89. The second-order valence-electron chi connectivity index (χ2n) is 6.00. The summed E-state index contributed by atoms with van der Waals surface area (Å²) in [5.74, 6) is 2.54. The highest BCUT2D eigenvalue weighted by Crippen LogP contribution is 2.30. The lowest BCUT2D eigenvalue weighted by Gasteiger charge is -2.13. The van der Waals surface area contributed by atoms with Crippen LogP contribution in [0.25, 0.3) is 5.57 Å². The van der Waals surface area contributed by atoms with Crippen LogP contribution in [-0.2, 0) is 6.42 Å². The van der Waals surface area contributed by atoms with Crippen LogP contribution in [-0.4, -0.2) is 6.61 Å². The Kier molecular flexibility index (Phi) is 6.92. The van der Waals surface area contributed by atoms with Crippen molar-refractivity contribution < 1.29 is 9.47 Å². The fraction of sp³-hybridized carbons (Fsp3) is 0.364. The predicted molar refractivity (Wildman–Crippen MR) is 102 cm³/mol. The van der Waals surface area contributed by atoms with Crippen molar-refractivity contribution in [1.29, 1.82) is 0 Å². The van der Waals surface area contributed by atoms with Crippen molar-refractivity contribution in [2.45, 2.75) is 46.5 Å². The number of rotatable bonds is 9. The molecule has 0 saturated carbocycles. The van der Waals surface area contributed by atoms with Crippen molar-refractivity contribution in [3.05, 3.63) is 60.2 Å². The van der Waals surface area contributed by atoms with Gasteiger partial charge in [0.05, 0.1) is 6.61 Å². The minimum atomic E-state index is 0.723. The van der Waals surface area contributed by atoms with E-state index in [4.69, 9.17) is 9.47 Å². The molecule has 2 nitrogen and oxygen atoms in total. The number of ether oxygens (including phenoxy) is 2. The highest BCUT2D eigenvalue weighted by Gasteiger charge is 2.06. The average Bonchev–Trinajstić information content (AvgIpc) is 2.59. The third-order valence-electron chi connectivity index (χ3n) is 3.86. The monoisotopic (exact) mass is 324 g/mol. The fourth-order valence-corrected chi connectivity index (χ4v) is 2.55. The third-order valence-corrected chi connectivity index (χ3v) is 3.86. The molecule has 0 aliphatic carbocycles. The fourth-order valence-electron chi connectivity index (χ4n) is 2.55. The van der Waals surface area contributed by atoms with Crippen LogP contribution in [0.15, 0.2) is 49.0 Å². The summed E-state index contributed by atoms with van der Waals surface area (Å²) < 4.78 is 11.9. The highest BCUT2D eigenvalue weighted by atomic mass is 16.5. The van der Waals surface area contributed by atoms with E-state index in [1.165, 1.54) is 5.56 Å². The molecule has 0 amide bonds. The smallest absolute Gasteiger partial charge is 0.131 e. The van der Waals surface area contributed by atoms with Crippen molar-refractivity contribution in [1.82, 2.24) is 0 Å². The van der Waals surface area contributed by atoms with Crippen LogP contribution >= 0.6 is 0 Å². The van der Waals surface area contributed by atoms with Gasteiger partial charge < -0.3 is 9.47 Å². The molecule has 2 rings (SSSR count). The number of benzene rings is 2. The van der Waals surface area contributed by atoms with Crippen molar-refractivity contribution in [3.8, 4) is 17.2 Å². The minimum Gasteiger partial charge on any atom is -0.493 e. The van der Waals surface area contributed by atoms with Gasteiger partial charge in [0.15, 0.2) is 0 Å². The van der Waals surface area contributed by atoms with Gasteiger partial charge >= 0.3 is 0 Å². The molecule has 0 fully saturated rings. The molecular formula is C22H28O2. The van der Waals surface area contributed by atoms with Crippen LogP contribution in [0, 0.1) is 0 Å². The lowest BCUT2D eigenvalue weighted by molar-refractivity contribution is 0.315. The first-order chi connectivity index (χ1) is 11.7. The quantitative estimate of drug-likeness (QED) is 0.514. The first-order valence-corrected chi connectivity index (χ1v) is 8.89. The van der Waals surface area contributed by atoms with Crippen LogP contribution in [0.2, 0.25) is 0 Å². The summed E-state index contributed by atoms with van der Waals surface area (Å²) in [6.07, 6.45) is 4.05. The Balaban J connectivity index is 2.24. The maximum Gasteiger partial charge on any atom is 0.131 e. The molecule has 2 aromatic carbocycles. The second-order valence-corrected chi connectivity index (χ2v) is 6.00. The van der Waals surface area contributed by atoms with Gasteiger partial charge in [-0.25, -0.2) is 0 Å². The van der Waals surface area contributed by atoms with Crippen molar-refractivity contribution in [2.75, 3.05) is 6.61 Å². The lowest BCUT2D eigenvalue weighted by atomic mass is 10.1. The third kappa shape index (κ3) is 5.16. The van der Waals surface area contributed by atoms with Crippen LogP contribution in [0.5, 0.6) is 17.2 Å². The summed E-state index contributed by atoms with van der Waals surface area (Å²) in [4.78, 5) is 0. The van der Waals surface area contributed by atoms with E-state index in [2.05, 4.69) is 45.5 Å². The molecule has 0 radical (unpaired) electrons. The van der Waals surface area contributed by atoms with Gasteiger partial charge in [0.2, 0.25) is 0 Å². The molecule has 0 saturated heterocycles. The summed E-state index contributed by atoms with van der Waals surface area (Å²) >= 11 is 0. The molecule has 2 aromatic rings. The maximum atomic E-state index is 6.10. The molecule has 0 aromatic heterocycles. The van der Waals surface area contributed by atoms with E-state index in [1.807, 2.05) is 24.3 Å². The Morgan fingerprint density at radius 1 is 0.917 bits per heavy atom. The predicted octanol–water partition coefficient (Wildman–Crippen LogP) is 6.64. The van der Waals surface area contributed by atoms with Crippen molar-refractivity contribution in [2.24, 2.45) is 0 Å². The van der Waals surface area contributed by atoms with Crippen molar-refractivity contribution >= 4 is 5.57 Å². The van der Waals surface area contributed by atoms with E-state index in [0.717, 1.165) is 60.7 Å². The molecule has 0 heterocycles. The van der Waals surface area contributed by atoms with E-state index >= 15 is 0 Å². The molecule has 0 unspecified atom stereocenters. The van der Waals surface area contributed by atoms with E-state index in [9.17, 15) is 0 Å². The number of hydrogen-bond acceptors (Lipinski definition) is 2. The largest absolute Gasteiger partial charge is 0.493 e. The standard InChI is InChI=1S/C22H28O2/c1-5-9-18-13-21(23-12-6-2)16-22(14-18)24-20-11-8-10-19(15-20)17(4)7-3/h8,10-11,13-16H,4-7,9,12H2,1-3H3. The maximum absolute atomic E-state index is 6.10. The van der Waals surface area contributed by atoms with Gasteiger partial charge in [0.1, 0.15) is 17.2 Å². The molecule has 0 aliphatic rings. The summed E-state index contributed by atoms with van der Waals surface area (Å²) in [6.45, 7) is 11.2. The number of aryl methyl sites for hydroxylation is 1. The topological polar surface area (TPSA) is 18.5 Å². The number of hydrogen-bond donors (Lipinski definition) is 0. The van der Waals surface area contributed by atoms with E-state index < -0.39 is 0 Å². The molecular weight excluding hydrogens is 296 g/mol. The second kappa shape index (κ2) is 9.17. The Morgan fingerprint density at radius 2 is 1.71 bits per heavy atom. The Bertz CT molecular complexity index is 673. The van der Waals surface area contributed by atoms with E-state index in [-0.39, 0.29) is 0 Å². The SMILES string of the molecule is C=C(CC)c1cccc(Oc2cc(CCC)cc(OCCC)c2)c1. The summed E-state index contributed by atoms with van der Waals surface area (Å²) in [6, 6.07) is 14.3. The van der Waals surface area contributed by atoms with Gasteiger partial charge in [-0.15, -0.1) is 0 Å². The minimum absolute atomic E-state index is 0.723. The zero-order valence-corrected chi connectivity index (χ0v) is 15.1. The molecule has 128 valence electrons. The Hall–Kier alpha value is -2.22. The average molecular weight is 324 g/mol. The van der Waals surface area contributed by atoms with Gasteiger partial charge in [-0.2, -0.15) is 0 Å². The molecule has 0 aliphatic heterocycles. The summed E-state index contributed by atoms with van der Waals surface area (Å²) in [5.41, 5.74) is 3.49. The van der Waals surface area contributed by atoms with Gasteiger partial charge in [0, 0.05) is 6.07 Å². The molecule has 2 heteroatoms. The van der Waals surface area contributed by atoms with Gasteiger partial charge in [-0.05, 0) is 60.2 Å². The van der Waals surface area contributed by atoms with Crippen LogP contribution in [0.1, 0.15) is 51.2 Å². The number of allylic oxidation sites excluding steroid dienone is 1. The van der Waals surface area contributed by atoms with Crippen LogP contribution < -0.4 is 9.47 Å².